The molecule has 9 nitrogen and oxygen atoms in total. The molecular weight excluding hydrogens is 422 g/mol. The van der Waals surface area contributed by atoms with Gasteiger partial charge in [0.05, 0.1) is 17.8 Å². The molecular formula is C21H20ClN5O4. The first-order valence-corrected chi connectivity index (χ1v) is 9.94. The topological polar surface area (TPSA) is 104 Å². The Bertz CT molecular complexity index is 1120. The van der Waals surface area contributed by atoms with E-state index in [2.05, 4.69) is 15.7 Å². The first-order chi connectivity index (χ1) is 14.8. The minimum absolute atomic E-state index is 0.214. The van der Waals surface area contributed by atoms with Crippen molar-refractivity contribution in [1.82, 2.24) is 5.01 Å². The smallest absolute Gasteiger partial charge is 0.263 e. The molecule has 0 saturated carbocycles. The molecule has 0 aliphatic carbocycles. The standard InChI is InChI=1S/C21H20ClN5O4/c1-11-4-5-13(8-12(11)2)23-17(28)10-26-19-18(24-25-26)20(29)27(21(19)30)14-6-7-16(31-3)15(22)9-14/h4-9,18-19H,10H2,1-3H3,(H,23,28)/t18-,19+/m0/s1. The van der Waals surface area contributed by atoms with Crippen LogP contribution in [0, 0.1) is 13.8 Å². The molecule has 2 aromatic rings. The van der Waals surface area contributed by atoms with E-state index in [0.29, 0.717) is 17.1 Å². The van der Waals surface area contributed by atoms with Crippen LogP contribution in [-0.4, -0.2) is 48.5 Å². The molecule has 4 rings (SSSR count). The molecule has 0 unspecified atom stereocenters. The minimum Gasteiger partial charge on any atom is -0.495 e. The van der Waals surface area contributed by atoms with Gasteiger partial charge in [-0.1, -0.05) is 22.9 Å². The lowest BCUT2D eigenvalue weighted by Gasteiger charge is -2.20. The van der Waals surface area contributed by atoms with E-state index in [0.717, 1.165) is 16.0 Å². The normalized spacial score (nSPS) is 19.7. The summed E-state index contributed by atoms with van der Waals surface area (Å²) < 4.78 is 5.11. The third kappa shape index (κ3) is 3.72. The largest absolute Gasteiger partial charge is 0.495 e. The molecule has 0 bridgehead atoms. The number of methoxy groups -OCH3 is 1. The Hall–Kier alpha value is -3.46. The summed E-state index contributed by atoms with van der Waals surface area (Å²) in [6, 6.07) is 8.22. The zero-order chi connectivity index (χ0) is 22.3. The van der Waals surface area contributed by atoms with Crippen LogP contribution in [0.15, 0.2) is 46.7 Å². The molecule has 2 aliphatic heterocycles. The van der Waals surface area contributed by atoms with E-state index in [1.54, 1.807) is 18.2 Å². The average Bonchev–Trinajstić information content (AvgIpc) is 3.24. The van der Waals surface area contributed by atoms with Gasteiger partial charge >= 0.3 is 0 Å². The molecule has 160 valence electrons. The highest BCUT2D eigenvalue weighted by atomic mass is 35.5. The monoisotopic (exact) mass is 441 g/mol. The van der Waals surface area contributed by atoms with Gasteiger partial charge in [-0.2, -0.15) is 5.11 Å². The molecule has 1 saturated heterocycles. The van der Waals surface area contributed by atoms with Crippen LogP contribution < -0.4 is 15.0 Å². The molecule has 2 heterocycles. The second-order valence-corrected chi connectivity index (χ2v) is 7.78. The fourth-order valence-electron chi connectivity index (χ4n) is 3.57. The summed E-state index contributed by atoms with van der Waals surface area (Å²) in [7, 11) is 1.47. The maximum atomic E-state index is 13.0. The Morgan fingerprint density at radius 1 is 1.13 bits per heavy atom. The average molecular weight is 442 g/mol. The summed E-state index contributed by atoms with van der Waals surface area (Å²) in [5.41, 5.74) is 3.11. The molecule has 1 fully saturated rings. The molecule has 0 aromatic heterocycles. The lowest BCUT2D eigenvalue weighted by molar-refractivity contribution is -0.123. The summed E-state index contributed by atoms with van der Waals surface area (Å²) in [5.74, 6) is -0.972. The number of nitrogens with zero attached hydrogens (tertiary/aromatic N) is 4. The Morgan fingerprint density at radius 3 is 2.58 bits per heavy atom. The number of fused-ring (bicyclic) bond motifs is 1. The molecule has 0 radical (unpaired) electrons. The number of hydrogen-bond acceptors (Lipinski definition) is 7. The number of aryl methyl sites for hydroxylation is 2. The molecule has 2 aromatic carbocycles. The van der Waals surface area contributed by atoms with Gasteiger partial charge < -0.3 is 10.1 Å². The highest BCUT2D eigenvalue weighted by Gasteiger charge is 2.55. The van der Waals surface area contributed by atoms with Crippen molar-refractivity contribution in [2.24, 2.45) is 10.3 Å². The van der Waals surface area contributed by atoms with E-state index >= 15 is 0 Å². The van der Waals surface area contributed by atoms with Crippen LogP contribution in [0.25, 0.3) is 0 Å². The number of ether oxygens (including phenoxy) is 1. The Morgan fingerprint density at radius 2 is 1.90 bits per heavy atom. The second kappa shape index (κ2) is 7.99. The molecule has 3 amide bonds. The first-order valence-electron chi connectivity index (χ1n) is 9.56. The predicted octanol–water partition coefficient (Wildman–Crippen LogP) is 2.90. The lowest BCUT2D eigenvalue weighted by Crippen LogP contribution is -2.43. The number of nitrogens with one attached hydrogen (secondary N) is 1. The number of carbonyl (C=O) groups is 3. The maximum absolute atomic E-state index is 13.0. The van der Waals surface area contributed by atoms with Crippen LogP contribution in [0.1, 0.15) is 11.1 Å². The summed E-state index contributed by atoms with van der Waals surface area (Å²) in [5, 5.41) is 12.1. The summed E-state index contributed by atoms with van der Waals surface area (Å²) >= 11 is 6.14. The van der Waals surface area contributed by atoms with Crippen molar-refractivity contribution >= 4 is 40.7 Å². The van der Waals surface area contributed by atoms with Crippen molar-refractivity contribution < 1.29 is 19.1 Å². The van der Waals surface area contributed by atoms with Gasteiger partial charge in [0.15, 0.2) is 12.1 Å². The number of halogens is 1. The van der Waals surface area contributed by atoms with E-state index in [1.807, 2.05) is 26.0 Å². The van der Waals surface area contributed by atoms with Gasteiger partial charge in [0, 0.05) is 5.69 Å². The highest BCUT2D eigenvalue weighted by Crippen LogP contribution is 2.35. The highest BCUT2D eigenvalue weighted by molar-refractivity contribution is 6.33. The lowest BCUT2D eigenvalue weighted by atomic mass is 10.1. The number of rotatable bonds is 5. The van der Waals surface area contributed by atoms with Gasteiger partial charge in [-0.25, -0.2) is 4.90 Å². The van der Waals surface area contributed by atoms with E-state index in [9.17, 15) is 14.4 Å². The third-order valence-electron chi connectivity index (χ3n) is 5.35. The van der Waals surface area contributed by atoms with Crippen LogP contribution >= 0.6 is 11.6 Å². The Balaban J connectivity index is 1.49. The Kier molecular flexibility index (Phi) is 5.36. The van der Waals surface area contributed by atoms with Crippen molar-refractivity contribution in [3.8, 4) is 5.75 Å². The van der Waals surface area contributed by atoms with Crippen molar-refractivity contribution in [2.45, 2.75) is 25.9 Å². The molecule has 2 atom stereocenters. The van der Waals surface area contributed by atoms with E-state index in [1.165, 1.54) is 18.2 Å². The first kappa shape index (κ1) is 20.8. The molecule has 2 aliphatic rings. The van der Waals surface area contributed by atoms with Crippen LogP contribution in [-0.2, 0) is 14.4 Å². The number of carbonyl (C=O) groups excluding carboxylic acids is 3. The van der Waals surface area contributed by atoms with Gasteiger partial charge in [-0.3, -0.25) is 19.4 Å². The summed E-state index contributed by atoms with van der Waals surface area (Å²) in [4.78, 5) is 39.4. The van der Waals surface area contributed by atoms with Gasteiger partial charge in [-0.05, 0) is 55.3 Å². The zero-order valence-corrected chi connectivity index (χ0v) is 17.9. The number of benzene rings is 2. The number of anilines is 2. The van der Waals surface area contributed by atoms with Crippen LogP contribution in [0.2, 0.25) is 5.02 Å². The summed E-state index contributed by atoms with van der Waals surface area (Å²) in [6.45, 7) is 3.72. The van der Waals surface area contributed by atoms with Crippen LogP contribution in [0.3, 0.4) is 0 Å². The third-order valence-corrected chi connectivity index (χ3v) is 5.64. The fraction of sp³-hybridized carbons (Fsp3) is 0.286. The number of hydrogen-bond donors (Lipinski definition) is 1. The number of amides is 3. The van der Waals surface area contributed by atoms with Crippen molar-refractivity contribution in [3.05, 3.63) is 52.5 Å². The van der Waals surface area contributed by atoms with Gasteiger partial charge in [0.2, 0.25) is 5.91 Å². The maximum Gasteiger partial charge on any atom is 0.263 e. The number of imide groups is 1. The summed E-state index contributed by atoms with van der Waals surface area (Å²) in [6.07, 6.45) is 0. The second-order valence-electron chi connectivity index (χ2n) is 7.37. The predicted molar refractivity (Wildman–Crippen MR) is 114 cm³/mol. The van der Waals surface area contributed by atoms with Gasteiger partial charge in [0.25, 0.3) is 11.8 Å². The zero-order valence-electron chi connectivity index (χ0n) is 17.1. The fourth-order valence-corrected chi connectivity index (χ4v) is 3.82. The Labute approximate surface area is 183 Å². The van der Waals surface area contributed by atoms with Crippen LogP contribution in [0.4, 0.5) is 11.4 Å². The van der Waals surface area contributed by atoms with Crippen molar-refractivity contribution in [1.29, 1.82) is 0 Å². The van der Waals surface area contributed by atoms with E-state index in [-0.39, 0.29) is 17.5 Å². The van der Waals surface area contributed by atoms with Crippen molar-refractivity contribution in [3.63, 3.8) is 0 Å². The van der Waals surface area contributed by atoms with E-state index < -0.39 is 23.9 Å². The molecule has 31 heavy (non-hydrogen) atoms. The molecule has 1 N–H and O–H groups in total. The SMILES string of the molecule is COc1ccc(N2C(=O)[C@H]3N=NN(CC(=O)Nc4ccc(C)c(C)c4)[C@H]3C2=O)cc1Cl. The molecule has 10 heteroatoms. The van der Waals surface area contributed by atoms with E-state index in [4.69, 9.17) is 16.3 Å². The minimum atomic E-state index is -0.997. The quantitative estimate of drug-likeness (QED) is 0.718. The van der Waals surface area contributed by atoms with Crippen molar-refractivity contribution in [2.75, 3.05) is 23.9 Å². The molecule has 0 spiro atoms. The van der Waals surface area contributed by atoms with Crippen LogP contribution in [0.5, 0.6) is 5.75 Å². The van der Waals surface area contributed by atoms with Gasteiger partial charge in [0.1, 0.15) is 12.3 Å². The van der Waals surface area contributed by atoms with Gasteiger partial charge in [-0.15, -0.1) is 0 Å².